The smallest absolute Gasteiger partial charge is 0.349 e. The van der Waals surface area contributed by atoms with E-state index in [1.165, 1.54) is 25.2 Å². The number of thiophene rings is 1. The van der Waals surface area contributed by atoms with Gasteiger partial charge in [-0.25, -0.2) is 4.79 Å². The average molecular weight is 477 g/mol. The van der Waals surface area contributed by atoms with Gasteiger partial charge in [-0.3, -0.25) is 9.59 Å². The van der Waals surface area contributed by atoms with Crippen molar-refractivity contribution in [2.24, 2.45) is 0 Å². The lowest BCUT2D eigenvalue weighted by molar-refractivity contribution is 0.0321. The van der Waals surface area contributed by atoms with Crippen LogP contribution in [0.25, 0.3) is 0 Å². The standard InChI is InChI=1S/C16H15Br2NO4S/c1-6-12(8(3)20)7(2)19-13(6)14(21)9(4)23-16(22)11-5-10(17)15(18)24-11/h5,9,19H,1-4H3. The lowest BCUT2D eigenvalue weighted by atomic mass is 10.0. The third-order valence-electron chi connectivity index (χ3n) is 3.54. The molecular formula is C16H15Br2NO4S. The molecular weight excluding hydrogens is 462 g/mol. The van der Waals surface area contributed by atoms with Crippen molar-refractivity contribution in [1.29, 1.82) is 0 Å². The zero-order valence-electron chi connectivity index (χ0n) is 13.5. The summed E-state index contributed by atoms with van der Waals surface area (Å²) in [4.78, 5) is 39.7. The lowest BCUT2D eigenvalue weighted by Crippen LogP contribution is -2.25. The Hall–Kier alpha value is -1.25. The molecule has 0 fully saturated rings. The monoisotopic (exact) mass is 475 g/mol. The van der Waals surface area contributed by atoms with Gasteiger partial charge >= 0.3 is 5.97 Å². The SMILES string of the molecule is CC(=O)c1c(C)[nH]c(C(=O)C(C)OC(=O)c2cc(Br)c(Br)s2)c1C. The topological polar surface area (TPSA) is 76.2 Å². The molecule has 1 atom stereocenters. The van der Waals surface area contributed by atoms with Crippen molar-refractivity contribution in [3.05, 3.63) is 41.7 Å². The second-order valence-corrected chi connectivity index (χ2v) is 8.55. The van der Waals surface area contributed by atoms with Crippen LogP contribution in [0.3, 0.4) is 0 Å². The van der Waals surface area contributed by atoms with E-state index in [0.29, 0.717) is 27.4 Å². The van der Waals surface area contributed by atoms with Gasteiger partial charge in [-0.1, -0.05) is 0 Å². The third-order valence-corrected chi connectivity index (χ3v) is 6.77. The Morgan fingerprint density at radius 3 is 2.33 bits per heavy atom. The summed E-state index contributed by atoms with van der Waals surface area (Å²) in [7, 11) is 0. The summed E-state index contributed by atoms with van der Waals surface area (Å²) in [6.07, 6.45) is -0.964. The molecule has 2 aromatic heterocycles. The second kappa shape index (κ2) is 7.33. The number of aromatic nitrogens is 1. The molecule has 0 spiro atoms. The number of carbonyl (C=O) groups is 3. The number of ketones is 2. The highest BCUT2D eigenvalue weighted by atomic mass is 79.9. The van der Waals surface area contributed by atoms with Crippen LogP contribution >= 0.6 is 43.2 Å². The maximum atomic E-state index is 12.6. The molecule has 24 heavy (non-hydrogen) atoms. The Balaban J connectivity index is 2.20. The molecule has 128 valence electrons. The molecule has 2 heterocycles. The molecule has 0 aliphatic rings. The van der Waals surface area contributed by atoms with Gasteiger partial charge in [0.1, 0.15) is 4.88 Å². The van der Waals surface area contributed by atoms with Gasteiger partial charge in [0.2, 0.25) is 5.78 Å². The van der Waals surface area contributed by atoms with Crippen molar-refractivity contribution in [2.75, 3.05) is 0 Å². The summed E-state index contributed by atoms with van der Waals surface area (Å²) < 4.78 is 6.78. The van der Waals surface area contributed by atoms with Crippen molar-refractivity contribution < 1.29 is 19.1 Å². The molecule has 1 unspecified atom stereocenters. The van der Waals surface area contributed by atoms with Crippen molar-refractivity contribution in [2.45, 2.75) is 33.8 Å². The van der Waals surface area contributed by atoms with E-state index >= 15 is 0 Å². The minimum atomic E-state index is -0.964. The molecule has 0 bridgehead atoms. The van der Waals surface area contributed by atoms with Crippen LogP contribution in [0.5, 0.6) is 0 Å². The normalized spacial score (nSPS) is 12.1. The molecule has 0 aliphatic heterocycles. The number of hydrogen-bond acceptors (Lipinski definition) is 5. The van der Waals surface area contributed by atoms with E-state index in [1.54, 1.807) is 19.9 Å². The molecule has 8 heteroatoms. The average Bonchev–Trinajstić information content (AvgIpc) is 2.98. The Bertz CT molecular complexity index is 818. The molecule has 1 N–H and O–H groups in total. The van der Waals surface area contributed by atoms with Crippen LogP contribution in [-0.2, 0) is 4.74 Å². The number of halogens is 2. The number of hydrogen-bond donors (Lipinski definition) is 1. The van der Waals surface area contributed by atoms with E-state index in [0.717, 1.165) is 8.26 Å². The molecule has 0 aromatic carbocycles. The Labute approximate surface area is 160 Å². The summed E-state index contributed by atoms with van der Waals surface area (Å²) >= 11 is 7.83. The number of rotatable bonds is 5. The fourth-order valence-electron chi connectivity index (χ4n) is 2.45. The second-order valence-electron chi connectivity index (χ2n) is 5.33. The van der Waals surface area contributed by atoms with Crippen LogP contribution in [0.4, 0.5) is 0 Å². The summed E-state index contributed by atoms with van der Waals surface area (Å²) in [6, 6.07) is 1.63. The van der Waals surface area contributed by atoms with Gasteiger partial charge < -0.3 is 9.72 Å². The van der Waals surface area contributed by atoms with Crippen LogP contribution in [0.15, 0.2) is 14.3 Å². The fourth-order valence-corrected chi connectivity index (χ4v) is 4.37. The van der Waals surface area contributed by atoms with Gasteiger partial charge in [-0.05, 0) is 71.2 Å². The first-order chi connectivity index (χ1) is 11.1. The number of Topliss-reactive ketones (excluding diaryl/α,β-unsaturated/α-hetero) is 2. The highest BCUT2D eigenvalue weighted by molar-refractivity contribution is 9.13. The van der Waals surface area contributed by atoms with Gasteiger partial charge in [0.05, 0.1) is 9.48 Å². The molecule has 0 radical (unpaired) electrons. The maximum Gasteiger partial charge on any atom is 0.349 e. The van der Waals surface area contributed by atoms with E-state index < -0.39 is 12.1 Å². The molecule has 5 nitrogen and oxygen atoms in total. The van der Waals surface area contributed by atoms with Gasteiger partial charge in [-0.15, -0.1) is 11.3 Å². The maximum absolute atomic E-state index is 12.6. The summed E-state index contributed by atoms with van der Waals surface area (Å²) in [5.74, 6) is -1.05. The first kappa shape index (κ1) is 19.1. The highest BCUT2D eigenvalue weighted by Crippen LogP contribution is 2.33. The quantitative estimate of drug-likeness (QED) is 0.494. The summed E-state index contributed by atoms with van der Waals surface area (Å²) in [5, 5.41) is 0. The number of carbonyl (C=O) groups excluding carboxylic acids is 3. The first-order valence-corrected chi connectivity index (χ1v) is 9.43. The fraction of sp³-hybridized carbons (Fsp3) is 0.312. The van der Waals surface area contributed by atoms with Gasteiger partial charge in [0.15, 0.2) is 11.9 Å². The molecule has 0 saturated carbocycles. The van der Waals surface area contributed by atoms with E-state index in [4.69, 9.17) is 4.74 Å². The third kappa shape index (κ3) is 3.70. The van der Waals surface area contributed by atoms with E-state index in [1.807, 2.05) is 0 Å². The minimum Gasteiger partial charge on any atom is -0.450 e. The predicted molar refractivity (Wildman–Crippen MR) is 99.2 cm³/mol. The molecule has 0 saturated heterocycles. The van der Waals surface area contributed by atoms with Crippen LogP contribution in [0, 0.1) is 13.8 Å². The number of H-pyrrole nitrogens is 1. The lowest BCUT2D eigenvalue weighted by Gasteiger charge is -2.11. The van der Waals surface area contributed by atoms with Crippen LogP contribution in [0.2, 0.25) is 0 Å². The molecule has 0 aliphatic carbocycles. The number of nitrogens with one attached hydrogen (secondary N) is 1. The molecule has 2 aromatic rings. The van der Waals surface area contributed by atoms with Crippen molar-refractivity contribution >= 4 is 60.7 Å². The molecule has 2 rings (SSSR count). The van der Waals surface area contributed by atoms with E-state index in [-0.39, 0.29) is 11.6 Å². The molecule has 0 amide bonds. The van der Waals surface area contributed by atoms with E-state index in [9.17, 15) is 14.4 Å². The van der Waals surface area contributed by atoms with Crippen LogP contribution in [-0.4, -0.2) is 28.6 Å². The van der Waals surface area contributed by atoms with Crippen LogP contribution < -0.4 is 0 Å². The van der Waals surface area contributed by atoms with Gasteiger partial charge in [0.25, 0.3) is 0 Å². The number of aryl methyl sites for hydroxylation is 1. The first-order valence-electron chi connectivity index (χ1n) is 7.03. The Morgan fingerprint density at radius 1 is 1.25 bits per heavy atom. The zero-order valence-corrected chi connectivity index (χ0v) is 17.4. The predicted octanol–water partition coefficient (Wildman–Crippen LogP) is 4.85. The van der Waals surface area contributed by atoms with Crippen molar-refractivity contribution in [3.63, 3.8) is 0 Å². The number of esters is 1. The highest BCUT2D eigenvalue weighted by Gasteiger charge is 2.27. The van der Waals surface area contributed by atoms with Gasteiger partial charge in [0, 0.05) is 15.7 Å². The van der Waals surface area contributed by atoms with E-state index in [2.05, 4.69) is 36.8 Å². The van der Waals surface area contributed by atoms with Crippen molar-refractivity contribution in [3.8, 4) is 0 Å². The number of ether oxygens (including phenoxy) is 1. The largest absolute Gasteiger partial charge is 0.450 e. The summed E-state index contributed by atoms with van der Waals surface area (Å²) in [6.45, 7) is 6.40. The zero-order chi connectivity index (χ0) is 18.2. The van der Waals surface area contributed by atoms with Crippen LogP contribution in [0.1, 0.15) is 55.6 Å². The van der Waals surface area contributed by atoms with Crippen molar-refractivity contribution in [1.82, 2.24) is 4.98 Å². The Kier molecular flexibility index (Phi) is 5.83. The Morgan fingerprint density at radius 2 is 1.88 bits per heavy atom. The summed E-state index contributed by atoms with van der Waals surface area (Å²) in [5.41, 5.74) is 2.01. The number of aromatic amines is 1. The minimum absolute atomic E-state index is 0.113. The van der Waals surface area contributed by atoms with Gasteiger partial charge in [-0.2, -0.15) is 0 Å².